The summed E-state index contributed by atoms with van der Waals surface area (Å²) in [4.78, 5) is 0. The Hall–Kier alpha value is -1.31. The molecule has 1 N–H and O–H groups in total. The van der Waals surface area contributed by atoms with Crippen molar-refractivity contribution >= 4 is 11.6 Å². The molecule has 0 heterocycles. The summed E-state index contributed by atoms with van der Waals surface area (Å²) in [5.41, 5.74) is 5.38. The molecule has 0 bridgehead atoms. The number of halogens is 1. The van der Waals surface area contributed by atoms with Gasteiger partial charge in [0.25, 0.3) is 0 Å². The van der Waals surface area contributed by atoms with E-state index in [1.165, 1.54) is 22.3 Å². The highest BCUT2D eigenvalue weighted by Gasteiger charge is 2.16. The molecule has 0 aliphatic carbocycles. The molecule has 106 valence electrons. The van der Waals surface area contributed by atoms with E-state index in [1.54, 1.807) is 0 Å². The molecule has 2 rings (SSSR count). The van der Waals surface area contributed by atoms with Crippen LogP contribution >= 0.6 is 11.6 Å². The monoisotopic (exact) mass is 287 g/mol. The van der Waals surface area contributed by atoms with E-state index < -0.39 is 0 Å². The molecule has 0 aliphatic rings. The summed E-state index contributed by atoms with van der Waals surface area (Å²) >= 11 is 6.37. The van der Waals surface area contributed by atoms with E-state index in [0.717, 1.165) is 18.0 Å². The Morgan fingerprint density at radius 2 is 1.65 bits per heavy atom. The van der Waals surface area contributed by atoms with Gasteiger partial charge in [-0.3, -0.25) is 0 Å². The molecule has 0 amide bonds. The summed E-state index contributed by atoms with van der Waals surface area (Å²) in [5, 5.41) is 4.15. The van der Waals surface area contributed by atoms with Gasteiger partial charge in [-0.1, -0.05) is 48.0 Å². The van der Waals surface area contributed by atoms with Gasteiger partial charge in [0.2, 0.25) is 0 Å². The maximum absolute atomic E-state index is 6.37. The second-order valence-corrected chi connectivity index (χ2v) is 5.76. The zero-order valence-corrected chi connectivity index (χ0v) is 13.2. The predicted octanol–water partition coefficient (Wildman–Crippen LogP) is 4.50. The Morgan fingerprint density at radius 3 is 2.25 bits per heavy atom. The number of nitrogens with one attached hydrogen (secondary N) is 1. The average Bonchev–Trinajstić information content (AvgIpc) is 2.43. The number of rotatable bonds is 5. The van der Waals surface area contributed by atoms with Crippen LogP contribution in [0.4, 0.5) is 0 Å². The second kappa shape index (κ2) is 6.92. The van der Waals surface area contributed by atoms with Gasteiger partial charge in [-0.2, -0.15) is 0 Å². The van der Waals surface area contributed by atoms with Crippen LogP contribution in [0.25, 0.3) is 0 Å². The summed E-state index contributed by atoms with van der Waals surface area (Å²) < 4.78 is 0. The summed E-state index contributed by atoms with van der Waals surface area (Å²) in [7, 11) is 1.99. The van der Waals surface area contributed by atoms with Crippen LogP contribution in [-0.2, 0) is 6.42 Å². The highest BCUT2D eigenvalue weighted by molar-refractivity contribution is 6.31. The molecule has 2 aromatic rings. The molecule has 1 nitrogen and oxygen atoms in total. The first-order valence-electron chi connectivity index (χ1n) is 7.07. The standard InChI is InChI=1S/C18H22ClN/c1-13-7-6-8-14(2)17(13)11-15(12-20-3)16-9-4-5-10-18(16)19/h4-10,15,20H,11-12H2,1-3H3. The number of hydrogen-bond donors (Lipinski definition) is 1. The lowest BCUT2D eigenvalue weighted by Crippen LogP contribution is -2.20. The van der Waals surface area contributed by atoms with Crippen molar-refractivity contribution in [3.8, 4) is 0 Å². The normalized spacial score (nSPS) is 12.4. The third-order valence-electron chi connectivity index (χ3n) is 3.89. The lowest BCUT2D eigenvalue weighted by Gasteiger charge is -2.21. The van der Waals surface area contributed by atoms with Gasteiger partial charge in [0.1, 0.15) is 0 Å². The van der Waals surface area contributed by atoms with Gasteiger partial charge >= 0.3 is 0 Å². The Balaban J connectivity index is 2.33. The zero-order chi connectivity index (χ0) is 14.5. The van der Waals surface area contributed by atoms with E-state index in [2.05, 4.69) is 49.5 Å². The molecule has 1 unspecified atom stereocenters. The fourth-order valence-electron chi connectivity index (χ4n) is 2.76. The van der Waals surface area contributed by atoms with Gasteiger partial charge in [0.05, 0.1) is 0 Å². The van der Waals surface area contributed by atoms with E-state index >= 15 is 0 Å². The van der Waals surface area contributed by atoms with Gasteiger partial charge in [-0.15, -0.1) is 0 Å². The molecular formula is C18H22ClN. The summed E-state index contributed by atoms with van der Waals surface area (Å²) in [6.45, 7) is 5.30. The molecule has 0 saturated heterocycles. The van der Waals surface area contributed by atoms with E-state index in [0.29, 0.717) is 5.92 Å². The highest BCUT2D eigenvalue weighted by Crippen LogP contribution is 2.29. The molecule has 0 aromatic heterocycles. The fourth-order valence-corrected chi connectivity index (χ4v) is 3.05. The molecule has 0 aliphatic heterocycles. The maximum atomic E-state index is 6.37. The minimum Gasteiger partial charge on any atom is -0.319 e. The molecule has 2 heteroatoms. The first-order chi connectivity index (χ1) is 9.63. The van der Waals surface area contributed by atoms with Crippen molar-refractivity contribution in [3.05, 3.63) is 69.7 Å². The molecule has 20 heavy (non-hydrogen) atoms. The van der Waals surface area contributed by atoms with Crippen LogP contribution in [0.3, 0.4) is 0 Å². The molecule has 0 fully saturated rings. The number of aryl methyl sites for hydroxylation is 2. The molecular weight excluding hydrogens is 266 g/mol. The van der Waals surface area contributed by atoms with E-state index in [4.69, 9.17) is 11.6 Å². The van der Waals surface area contributed by atoms with Gasteiger partial charge in [0.15, 0.2) is 0 Å². The SMILES string of the molecule is CNCC(Cc1c(C)cccc1C)c1ccccc1Cl. The third-order valence-corrected chi connectivity index (χ3v) is 4.23. The van der Waals surface area contributed by atoms with E-state index in [1.807, 2.05) is 19.2 Å². The summed E-state index contributed by atoms with van der Waals surface area (Å²) in [5.74, 6) is 0.397. The van der Waals surface area contributed by atoms with Gasteiger partial charge in [0, 0.05) is 17.5 Å². The molecule has 2 aromatic carbocycles. The topological polar surface area (TPSA) is 12.0 Å². The lowest BCUT2D eigenvalue weighted by atomic mass is 9.88. The Morgan fingerprint density at radius 1 is 1.00 bits per heavy atom. The van der Waals surface area contributed by atoms with Crippen molar-refractivity contribution in [1.82, 2.24) is 5.32 Å². The summed E-state index contributed by atoms with van der Waals surface area (Å²) in [6, 6.07) is 14.7. The fraction of sp³-hybridized carbons (Fsp3) is 0.333. The number of benzene rings is 2. The Kier molecular flexibility index (Phi) is 5.22. The maximum Gasteiger partial charge on any atom is 0.0441 e. The smallest absolute Gasteiger partial charge is 0.0441 e. The van der Waals surface area contributed by atoms with E-state index in [-0.39, 0.29) is 0 Å². The van der Waals surface area contributed by atoms with Crippen LogP contribution in [0.5, 0.6) is 0 Å². The van der Waals surface area contributed by atoms with Crippen molar-refractivity contribution in [2.24, 2.45) is 0 Å². The third kappa shape index (κ3) is 3.41. The lowest BCUT2D eigenvalue weighted by molar-refractivity contribution is 0.623. The molecule has 1 atom stereocenters. The molecule has 0 saturated carbocycles. The number of likely N-dealkylation sites (N-methyl/N-ethyl adjacent to an activating group) is 1. The minimum atomic E-state index is 0.397. The largest absolute Gasteiger partial charge is 0.319 e. The predicted molar refractivity (Wildman–Crippen MR) is 87.7 cm³/mol. The minimum absolute atomic E-state index is 0.397. The van der Waals surface area contributed by atoms with Crippen LogP contribution in [0.2, 0.25) is 5.02 Å². The van der Waals surface area contributed by atoms with Crippen LogP contribution in [0, 0.1) is 13.8 Å². The van der Waals surface area contributed by atoms with Crippen molar-refractivity contribution in [3.63, 3.8) is 0 Å². The average molecular weight is 288 g/mol. The first kappa shape index (κ1) is 15.1. The van der Waals surface area contributed by atoms with Gasteiger partial charge in [-0.05, 0) is 55.6 Å². The first-order valence-corrected chi connectivity index (χ1v) is 7.45. The van der Waals surface area contributed by atoms with Crippen molar-refractivity contribution in [2.75, 3.05) is 13.6 Å². The van der Waals surface area contributed by atoms with Crippen LogP contribution in [0.1, 0.15) is 28.2 Å². The van der Waals surface area contributed by atoms with Crippen molar-refractivity contribution in [2.45, 2.75) is 26.2 Å². The Bertz CT molecular complexity index is 557. The molecule has 0 radical (unpaired) electrons. The van der Waals surface area contributed by atoms with E-state index in [9.17, 15) is 0 Å². The Labute approximate surface area is 127 Å². The second-order valence-electron chi connectivity index (χ2n) is 5.35. The molecule has 0 spiro atoms. The highest BCUT2D eigenvalue weighted by atomic mass is 35.5. The summed E-state index contributed by atoms with van der Waals surface area (Å²) in [6.07, 6.45) is 1.02. The van der Waals surface area contributed by atoms with Crippen molar-refractivity contribution < 1.29 is 0 Å². The van der Waals surface area contributed by atoms with Crippen molar-refractivity contribution in [1.29, 1.82) is 0 Å². The van der Waals surface area contributed by atoms with Crippen LogP contribution in [-0.4, -0.2) is 13.6 Å². The number of hydrogen-bond acceptors (Lipinski definition) is 1. The van der Waals surface area contributed by atoms with Crippen LogP contribution < -0.4 is 5.32 Å². The van der Waals surface area contributed by atoms with Gasteiger partial charge < -0.3 is 5.32 Å². The van der Waals surface area contributed by atoms with Gasteiger partial charge in [-0.25, -0.2) is 0 Å². The quantitative estimate of drug-likeness (QED) is 0.853. The van der Waals surface area contributed by atoms with Crippen LogP contribution in [0.15, 0.2) is 42.5 Å². The zero-order valence-electron chi connectivity index (χ0n) is 12.4.